The summed E-state index contributed by atoms with van der Waals surface area (Å²) in [6, 6.07) is 3.38. The van der Waals surface area contributed by atoms with Gasteiger partial charge in [-0.05, 0) is 79.2 Å². The molecule has 1 aliphatic carbocycles. The molecule has 2 aromatic heterocycles. The summed E-state index contributed by atoms with van der Waals surface area (Å²) in [7, 11) is 0. The van der Waals surface area contributed by atoms with Crippen LogP contribution in [0.2, 0.25) is 0 Å². The van der Waals surface area contributed by atoms with E-state index in [0.717, 1.165) is 36.1 Å². The van der Waals surface area contributed by atoms with Crippen molar-refractivity contribution in [1.29, 1.82) is 0 Å². The number of nitrogens with one attached hydrogen (secondary N) is 1. The topological polar surface area (TPSA) is 94.8 Å². The van der Waals surface area contributed by atoms with Crippen LogP contribution in [0.3, 0.4) is 0 Å². The normalized spacial score (nSPS) is 14.2. The number of aryl methyl sites for hydroxylation is 1. The minimum absolute atomic E-state index is 0.253. The molecule has 3 rings (SSSR count). The van der Waals surface area contributed by atoms with E-state index in [1.54, 1.807) is 19.1 Å². The van der Waals surface area contributed by atoms with E-state index in [-0.39, 0.29) is 6.61 Å². The first kappa shape index (κ1) is 22.3. The fourth-order valence-corrected chi connectivity index (χ4v) is 4.72. The summed E-state index contributed by atoms with van der Waals surface area (Å²) in [6.07, 6.45) is 5.30. The maximum Gasteiger partial charge on any atom is 0.341 e. The number of amides is 1. The molecule has 160 valence electrons. The molecule has 1 aliphatic rings. The molecule has 0 aliphatic heterocycles. The molecule has 0 radical (unpaired) electrons. The zero-order chi connectivity index (χ0) is 21.7. The van der Waals surface area contributed by atoms with E-state index in [2.05, 4.69) is 21.2 Å². The Morgan fingerprint density at radius 3 is 2.77 bits per heavy atom. The Kier molecular flexibility index (Phi) is 7.49. The number of esters is 2. The summed E-state index contributed by atoms with van der Waals surface area (Å²) in [6.45, 7) is 3.47. The molecule has 0 spiro atoms. The molecule has 30 heavy (non-hydrogen) atoms. The summed E-state index contributed by atoms with van der Waals surface area (Å²) in [4.78, 5) is 38.2. The van der Waals surface area contributed by atoms with Crippen molar-refractivity contribution in [3.8, 4) is 0 Å². The van der Waals surface area contributed by atoms with Gasteiger partial charge < -0.3 is 19.2 Å². The summed E-state index contributed by atoms with van der Waals surface area (Å²) in [5.41, 5.74) is 1.38. The van der Waals surface area contributed by atoms with Crippen molar-refractivity contribution in [1.82, 2.24) is 0 Å². The number of hydrogen-bond donors (Lipinski definition) is 1. The van der Waals surface area contributed by atoms with Crippen LogP contribution in [0.4, 0.5) is 5.00 Å². The molecular weight excluding hydrogens is 474 g/mol. The van der Waals surface area contributed by atoms with E-state index in [4.69, 9.17) is 13.9 Å². The number of anilines is 1. The van der Waals surface area contributed by atoms with Gasteiger partial charge in [-0.2, -0.15) is 0 Å². The molecule has 1 amide bonds. The second-order valence-corrected chi connectivity index (χ2v) is 8.57. The highest BCUT2D eigenvalue weighted by atomic mass is 79.9. The number of hydrogen-bond acceptors (Lipinski definition) is 7. The van der Waals surface area contributed by atoms with Crippen molar-refractivity contribution >= 4 is 56.2 Å². The number of rotatable bonds is 7. The monoisotopic (exact) mass is 495 g/mol. The second-order valence-electron chi connectivity index (χ2n) is 6.68. The van der Waals surface area contributed by atoms with Crippen molar-refractivity contribution in [2.75, 3.05) is 11.9 Å². The summed E-state index contributed by atoms with van der Waals surface area (Å²) in [5.74, 6) is -1.16. The van der Waals surface area contributed by atoms with Gasteiger partial charge in [0.15, 0.2) is 10.8 Å². The van der Waals surface area contributed by atoms with E-state index < -0.39 is 23.9 Å². The fourth-order valence-electron chi connectivity index (χ4n) is 3.12. The van der Waals surface area contributed by atoms with E-state index >= 15 is 0 Å². The van der Waals surface area contributed by atoms with E-state index in [1.165, 1.54) is 30.4 Å². The lowest BCUT2D eigenvalue weighted by molar-refractivity contribution is -0.148. The number of thiophene rings is 1. The van der Waals surface area contributed by atoms with Crippen molar-refractivity contribution in [2.45, 2.75) is 45.6 Å². The Labute approximate surface area is 186 Å². The van der Waals surface area contributed by atoms with Crippen LogP contribution in [0.5, 0.6) is 0 Å². The van der Waals surface area contributed by atoms with Crippen LogP contribution >= 0.6 is 27.3 Å². The largest absolute Gasteiger partial charge is 0.462 e. The molecule has 1 N–H and O–H groups in total. The predicted octanol–water partition coefficient (Wildman–Crippen LogP) is 4.74. The van der Waals surface area contributed by atoms with Gasteiger partial charge in [0.05, 0.1) is 12.2 Å². The van der Waals surface area contributed by atoms with Crippen molar-refractivity contribution in [3.63, 3.8) is 0 Å². The third kappa shape index (κ3) is 5.40. The van der Waals surface area contributed by atoms with E-state index in [1.807, 2.05) is 0 Å². The highest BCUT2D eigenvalue weighted by Gasteiger charge is 2.28. The van der Waals surface area contributed by atoms with Crippen LogP contribution in [-0.2, 0) is 31.9 Å². The van der Waals surface area contributed by atoms with Crippen LogP contribution in [0.15, 0.2) is 27.3 Å². The van der Waals surface area contributed by atoms with Crippen LogP contribution < -0.4 is 5.32 Å². The molecule has 0 fully saturated rings. The van der Waals surface area contributed by atoms with Crippen LogP contribution in [0.25, 0.3) is 6.08 Å². The summed E-state index contributed by atoms with van der Waals surface area (Å²) < 4.78 is 16.1. The standard InChI is InChI=1S/C21H22BrNO6S/c1-3-27-21(26)18-14-6-4-5-7-15(14)30-20(18)23-19(25)12(2)28-17(24)11-9-13-8-10-16(22)29-13/h8-12H,3-7H2,1-2H3,(H,23,25). The smallest absolute Gasteiger partial charge is 0.341 e. The lowest BCUT2D eigenvalue weighted by Crippen LogP contribution is -2.29. The molecule has 0 bridgehead atoms. The molecule has 0 aromatic carbocycles. The van der Waals surface area contributed by atoms with Crippen LogP contribution in [0.1, 0.15) is 53.2 Å². The molecule has 9 heteroatoms. The van der Waals surface area contributed by atoms with Crippen molar-refractivity contribution in [2.24, 2.45) is 0 Å². The van der Waals surface area contributed by atoms with Gasteiger partial charge >= 0.3 is 11.9 Å². The number of carbonyl (C=O) groups excluding carboxylic acids is 3. The first-order valence-corrected chi connectivity index (χ1v) is 11.3. The Bertz CT molecular complexity index is 976. The first-order chi connectivity index (χ1) is 14.4. The van der Waals surface area contributed by atoms with Crippen LogP contribution in [-0.4, -0.2) is 30.6 Å². The minimum Gasteiger partial charge on any atom is -0.462 e. The Morgan fingerprint density at radius 1 is 1.30 bits per heavy atom. The fraction of sp³-hybridized carbons (Fsp3) is 0.381. The lowest BCUT2D eigenvalue weighted by atomic mass is 9.95. The summed E-state index contributed by atoms with van der Waals surface area (Å²) >= 11 is 4.56. The Hall–Kier alpha value is -2.39. The molecule has 1 atom stereocenters. The highest BCUT2D eigenvalue weighted by Crippen LogP contribution is 2.38. The molecule has 1 unspecified atom stereocenters. The third-order valence-corrected chi connectivity index (χ3v) is 6.16. The number of halogens is 1. The van der Waals surface area contributed by atoms with Gasteiger partial charge in [0.1, 0.15) is 10.8 Å². The van der Waals surface area contributed by atoms with Gasteiger partial charge in [0, 0.05) is 11.0 Å². The second kappa shape index (κ2) is 10.1. The van der Waals surface area contributed by atoms with Crippen molar-refractivity contribution < 1.29 is 28.3 Å². The zero-order valence-electron chi connectivity index (χ0n) is 16.7. The van der Waals surface area contributed by atoms with E-state index in [0.29, 0.717) is 21.0 Å². The van der Waals surface area contributed by atoms with Gasteiger partial charge in [0.2, 0.25) is 0 Å². The number of fused-ring (bicyclic) bond motifs is 1. The lowest BCUT2D eigenvalue weighted by Gasteiger charge is -2.13. The Morgan fingerprint density at radius 2 is 2.07 bits per heavy atom. The maximum atomic E-state index is 12.6. The molecular formula is C21H22BrNO6S. The van der Waals surface area contributed by atoms with Gasteiger partial charge in [-0.15, -0.1) is 11.3 Å². The number of ether oxygens (including phenoxy) is 2. The van der Waals surface area contributed by atoms with Crippen LogP contribution in [0, 0.1) is 0 Å². The first-order valence-electron chi connectivity index (χ1n) is 9.65. The minimum atomic E-state index is -1.04. The molecule has 2 aromatic rings. The van der Waals surface area contributed by atoms with Gasteiger partial charge in [-0.25, -0.2) is 9.59 Å². The van der Waals surface area contributed by atoms with Crippen molar-refractivity contribution in [3.05, 3.63) is 44.6 Å². The SMILES string of the molecule is CCOC(=O)c1c(NC(=O)C(C)OC(=O)C=Cc2ccc(Br)o2)sc2c1CCCC2. The predicted molar refractivity (Wildman–Crippen MR) is 117 cm³/mol. The number of furan rings is 1. The van der Waals surface area contributed by atoms with Gasteiger partial charge in [-0.3, -0.25) is 4.79 Å². The zero-order valence-corrected chi connectivity index (χ0v) is 19.1. The number of carbonyl (C=O) groups is 3. The van der Waals surface area contributed by atoms with Gasteiger partial charge in [-0.1, -0.05) is 0 Å². The van der Waals surface area contributed by atoms with E-state index in [9.17, 15) is 14.4 Å². The summed E-state index contributed by atoms with van der Waals surface area (Å²) in [5, 5.41) is 3.19. The molecule has 7 nitrogen and oxygen atoms in total. The molecule has 0 saturated heterocycles. The maximum absolute atomic E-state index is 12.6. The molecule has 0 saturated carbocycles. The third-order valence-electron chi connectivity index (χ3n) is 4.53. The quantitative estimate of drug-likeness (QED) is 0.440. The molecule has 2 heterocycles. The average molecular weight is 496 g/mol. The average Bonchev–Trinajstić information content (AvgIpc) is 3.29. The highest BCUT2D eigenvalue weighted by molar-refractivity contribution is 9.10. The Balaban J connectivity index is 1.67. The van der Waals surface area contributed by atoms with Gasteiger partial charge in [0.25, 0.3) is 5.91 Å².